The van der Waals surface area contributed by atoms with Crippen molar-refractivity contribution < 1.29 is 0 Å². The standard InChI is InChI=1S/C14H15N3/c1-10-7-12(3)17-14(8-10)15-9-13-6-4-5-11(2)16-13/h4-9H,1-3H3/b15-9-. The fourth-order valence-corrected chi connectivity index (χ4v) is 1.65. The monoisotopic (exact) mass is 225 g/mol. The highest BCUT2D eigenvalue weighted by molar-refractivity contribution is 5.79. The van der Waals surface area contributed by atoms with Crippen molar-refractivity contribution in [2.45, 2.75) is 20.8 Å². The van der Waals surface area contributed by atoms with Crippen molar-refractivity contribution in [2.75, 3.05) is 0 Å². The third kappa shape index (κ3) is 3.21. The molecule has 2 aromatic heterocycles. The van der Waals surface area contributed by atoms with Crippen LogP contribution in [0.15, 0.2) is 35.3 Å². The summed E-state index contributed by atoms with van der Waals surface area (Å²) in [7, 11) is 0. The van der Waals surface area contributed by atoms with Gasteiger partial charge in [0, 0.05) is 11.4 Å². The van der Waals surface area contributed by atoms with Gasteiger partial charge in [-0.25, -0.2) is 9.98 Å². The molecule has 0 aromatic carbocycles. The van der Waals surface area contributed by atoms with E-state index in [1.807, 2.05) is 51.1 Å². The highest BCUT2D eigenvalue weighted by Crippen LogP contribution is 2.12. The zero-order valence-electron chi connectivity index (χ0n) is 10.3. The lowest BCUT2D eigenvalue weighted by Gasteiger charge is -1.98. The lowest BCUT2D eigenvalue weighted by atomic mass is 10.2. The maximum Gasteiger partial charge on any atom is 0.152 e. The molecule has 2 rings (SSSR count). The lowest BCUT2D eigenvalue weighted by Crippen LogP contribution is -1.89. The normalized spacial score (nSPS) is 11.0. The van der Waals surface area contributed by atoms with Crippen LogP contribution in [0.3, 0.4) is 0 Å². The van der Waals surface area contributed by atoms with Crippen molar-refractivity contribution in [3.63, 3.8) is 0 Å². The SMILES string of the molecule is Cc1cc(C)nc(/N=C\c2cccc(C)n2)c1. The van der Waals surface area contributed by atoms with Crippen molar-refractivity contribution in [1.82, 2.24) is 9.97 Å². The van der Waals surface area contributed by atoms with Gasteiger partial charge in [-0.15, -0.1) is 0 Å². The number of hydrogen-bond acceptors (Lipinski definition) is 3. The number of hydrogen-bond donors (Lipinski definition) is 0. The Bertz CT molecular complexity index is 539. The number of aryl methyl sites for hydroxylation is 3. The third-order valence-electron chi connectivity index (χ3n) is 2.32. The molecule has 0 N–H and O–H groups in total. The van der Waals surface area contributed by atoms with Gasteiger partial charge in [-0.05, 0) is 50.6 Å². The third-order valence-corrected chi connectivity index (χ3v) is 2.32. The molecule has 0 unspecified atom stereocenters. The summed E-state index contributed by atoms with van der Waals surface area (Å²) in [4.78, 5) is 13.0. The summed E-state index contributed by atoms with van der Waals surface area (Å²) in [5.74, 6) is 0.728. The van der Waals surface area contributed by atoms with Gasteiger partial charge >= 0.3 is 0 Å². The molecule has 0 atom stereocenters. The van der Waals surface area contributed by atoms with Crippen LogP contribution in [0, 0.1) is 20.8 Å². The van der Waals surface area contributed by atoms with Crippen LogP contribution >= 0.6 is 0 Å². The van der Waals surface area contributed by atoms with Crippen LogP contribution in [-0.2, 0) is 0 Å². The maximum absolute atomic E-state index is 4.36. The summed E-state index contributed by atoms with van der Waals surface area (Å²) in [5.41, 5.74) is 3.99. The van der Waals surface area contributed by atoms with Crippen molar-refractivity contribution in [3.8, 4) is 0 Å². The lowest BCUT2D eigenvalue weighted by molar-refractivity contribution is 1.15. The van der Waals surface area contributed by atoms with Gasteiger partial charge in [0.25, 0.3) is 0 Å². The van der Waals surface area contributed by atoms with E-state index >= 15 is 0 Å². The number of aromatic nitrogens is 2. The maximum atomic E-state index is 4.36. The minimum atomic E-state index is 0.728. The quantitative estimate of drug-likeness (QED) is 0.736. The zero-order chi connectivity index (χ0) is 12.3. The fourth-order valence-electron chi connectivity index (χ4n) is 1.65. The van der Waals surface area contributed by atoms with E-state index in [4.69, 9.17) is 0 Å². The average Bonchev–Trinajstić information content (AvgIpc) is 2.25. The first kappa shape index (κ1) is 11.5. The molecule has 2 heterocycles. The smallest absolute Gasteiger partial charge is 0.152 e. The predicted molar refractivity (Wildman–Crippen MR) is 69.9 cm³/mol. The van der Waals surface area contributed by atoms with E-state index < -0.39 is 0 Å². The topological polar surface area (TPSA) is 38.1 Å². The van der Waals surface area contributed by atoms with Crippen LogP contribution in [0.1, 0.15) is 22.6 Å². The minimum absolute atomic E-state index is 0.728. The molecule has 0 aliphatic carbocycles. The Morgan fingerprint density at radius 1 is 1.00 bits per heavy atom. The van der Waals surface area contributed by atoms with E-state index in [0.29, 0.717) is 0 Å². The largest absolute Gasteiger partial charge is 0.252 e. The molecular weight excluding hydrogens is 210 g/mol. The van der Waals surface area contributed by atoms with Gasteiger partial charge in [-0.1, -0.05) is 6.07 Å². The second kappa shape index (κ2) is 4.87. The number of aliphatic imine (C=N–C) groups is 1. The van der Waals surface area contributed by atoms with Crippen molar-refractivity contribution >= 4 is 12.0 Å². The number of rotatable bonds is 2. The zero-order valence-corrected chi connectivity index (χ0v) is 10.3. The molecule has 3 nitrogen and oxygen atoms in total. The Morgan fingerprint density at radius 2 is 1.82 bits per heavy atom. The van der Waals surface area contributed by atoms with E-state index in [9.17, 15) is 0 Å². The van der Waals surface area contributed by atoms with E-state index in [1.54, 1.807) is 6.21 Å². The van der Waals surface area contributed by atoms with E-state index in [1.165, 1.54) is 5.56 Å². The minimum Gasteiger partial charge on any atom is -0.252 e. The van der Waals surface area contributed by atoms with Crippen LogP contribution in [0.4, 0.5) is 5.82 Å². The van der Waals surface area contributed by atoms with E-state index in [-0.39, 0.29) is 0 Å². The molecule has 0 radical (unpaired) electrons. The highest BCUT2D eigenvalue weighted by Gasteiger charge is 1.95. The molecule has 0 aliphatic heterocycles. The van der Waals surface area contributed by atoms with Crippen molar-refractivity contribution in [1.29, 1.82) is 0 Å². The summed E-state index contributed by atoms with van der Waals surface area (Å²) >= 11 is 0. The predicted octanol–water partition coefficient (Wildman–Crippen LogP) is 3.15. The van der Waals surface area contributed by atoms with Crippen LogP contribution in [0.5, 0.6) is 0 Å². The number of pyridine rings is 2. The molecule has 2 aromatic rings. The van der Waals surface area contributed by atoms with Crippen LogP contribution in [0.2, 0.25) is 0 Å². The molecule has 0 spiro atoms. The first-order chi connectivity index (χ1) is 8.13. The van der Waals surface area contributed by atoms with Gasteiger partial charge in [0.05, 0.1) is 11.9 Å². The van der Waals surface area contributed by atoms with Crippen LogP contribution in [0.25, 0.3) is 0 Å². The molecule has 0 saturated carbocycles. The first-order valence-corrected chi connectivity index (χ1v) is 5.56. The van der Waals surface area contributed by atoms with Gasteiger partial charge < -0.3 is 0 Å². The van der Waals surface area contributed by atoms with Gasteiger partial charge in [0.15, 0.2) is 5.82 Å². The molecular formula is C14H15N3. The van der Waals surface area contributed by atoms with Crippen LogP contribution < -0.4 is 0 Å². The Balaban J connectivity index is 2.25. The van der Waals surface area contributed by atoms with Crippen molar-refractivity contribution in [2.24, 2.45) is 4.99 Å². The summed E-state index contributed by atoms with van der Waals surface area (Å²) in [6.45, 7) is 5.97. The summed E-state index contributed by atoms with van der Waals surface area (Å²) < 4.78 is 0. The second-order valence-corrected chi connectivity index (χ2v) is 4.11. The fraction of sp³-hybridized carbons (Fsp3) is 0.214. The second-order valence-electron chi connectivity index (χ2n) is 4.11. The molecule has 0 saturated heterocycles. The number of nitrogens with zero attached hydrogens (tertiary/aromatic N) is 3. The van der Waals surface area contributed by atoms with Gasteiger partial charge in [0.2, 0.25) is 0 Å². The molecule has 0 fully saturated rings. The Kier molecular flexibility index (Phi) is 3.28. The molecule has 0 bridgehead atoms. The van der Waals surface area contributed by atoms with Gasteiger partial charge in [-0.2, -0.15) is 0 Å². The molecule has 0 aliphatic rings. The molecule has 86 valence electrons. The molecule has 17 heavy (non-hydrogen) atoms. The van der Waals surface area contributed by atoms with Crippen LogP contribution in [-0.4, -0.2) is 16.2 Å². The summed E-state index contributed by atoms with van der Waals surface area (Å²) in [6, 6.07) is 9.85. The Morgan fingerprint density at radius 3 is 2.53 bits per heavy atom. The summed E-state index contributed by atoms with van der Waals surface area (Å²) in [6.07, 6.45) is 1.74. The molecule has 0 amide bonds. The van der Waals surface area contributed by atoms with E-state index in [0.717, 1.165) is 22.9 Å². The molecule has 3 heteroatoms. The Labute approximate surface area is 101 Å². The van der Waals surface area contributed by atoms with Crippen molar-refractivity contribution in [3.05, 3.63) is 53.0 Å². The summed E-state index contributed by atoms with van der Waals surface area (Å²) in [5, 5.41) is 0. The highest BCUT2D eigenvalue weighted by atomic mass is 14.9. The van der Waals surface area contributed by atoms with Gasteiger partial charge in [0.1, 0.15) is 0 Å². The Hall–Kier alpha value is -2.03. The first-order valence-electron chi connectivity index (χ1n) is 5.56. The average molecular weight is 225 g/mol. The van der Waals surface area contributed by atoms with Gasteiger partial charge in [-0.3, -0.25) is 4.98 Å². The van der Waals surface area contributed by atoms with E-state index in [2.05, 4.69) is 15.0 Å².